The second-order valence-corrected chi connectivity index (χ2v) is 4.94. The molecule has 1 N–H and O–H groups in total. The van der Waals surface area contributed by atoms with Crippen LogP contribution in [0.5, 0.6) is 0 Å². The number of hydrogen-bond donors (Lipinski definition) is 1. The Morgan fingerprint density at radius 2 is 2.11 bits per heavy atom. The van der Waals surface area contributed by atoms with E-state index in [0.29, 0.717) is 0 Å². The van der Waals surface area contributed by atoms with Gasteiger partial charge in [-0.15, -0.1) is 10.1 Å². The van der Waals surface area contributed by atoms with Crippen LogP contribution in [0.15, 0.2) is 0 Å². The van der Waals surface area contributed by atoms with E-state index in [2.05, 4.69) is 15.1 Å². The van der Waals surface area contributed by atoms with Gasteiger partial charge in [0.05, 0.1) is 6.61 Å². The van der Waals surface area contributed by atoms with Crippen molar-refractivity contribution in [2.45, 2.75) is 32.1 Å². The SMILES string of the molecule is CNCCCN1CCC(CCCO[N+](=O)[O-])CC1. The molecule has 0 saturated carbocycles. The molecule has 1 heterocycles. The van der Waals surface area contributed by atoms with Crippen LogP contribution >= 0.6 is 0 Å². The van der Waals surface area contributed by atoms with Crippen molar-refractivity contribution in [3.05, 3.63) is 10.1 Å². The molecule has 0 spiro atoms. The summed E-state index contributed by atoms with van der Waals surface area (Å²) in [7, 11) is 1.99. The van der Waals surface area contributed by atoms with Crippen molar-refractivity contribution in [1.29, 1.82) is 0 Å². The first-order valence-corrected chi connectivity index (χ1v) is 6.86. The van der Waals surface area contributed by atoms with E-state index in [0.717, 1.165) is 25.3 Å². The molecule has 0 bridgehead atoms. The molecule has 1 aliphatic heterocycles. The Kier molecular flexibility index (Phi) is 7.68. The first-order chi connectivity index (χ1) is 8.72. The summed E-state index contributed by atoms with van der Waals surface area (Å²) in [4.78, 5) is 16.8. The minimum absolute atomic E-state index is 0.245. The zero-order chi connectivity index (χ0) is 13.2. The molecule has 0 amide bonds. The predicted octanol–water partition coefficient (Wildman–Crippen LogP) is 1.30. The fraction of sp³-hybridized carbons (Fsp3) is 1.00. The van der Waals surface area contributed by atoms with E-state index in [1.54, 1.807) is 0 Å². The lowest BCUT2D eigenvalue weighted by Crippen LogP contribution is -2.35. The number of piperidine rings is 1. The molecular formula is C12H25N3O3. The molecule has 0 aromatic carbocycles. The van der Waals surface area contributed by atoms with Crippen LogP contribution in [0.4, 0.5) is 0 Å². The van der Waals surface area contributed by atoms with Crippen LogP contribution in [0.1, 0.15) is 32.1 Å². The Bertz CT molecular complexity index is 231. The third kappa shape index (κ3) is 6.76. The molecule has 0 aliphatic carbocycles. The standard InChI is InChI=1S/C12H25N3O3/c1-13-7-3-8-14-9-5-12(6-10-14)4-2-11-18-15(16)17/h12-13H,2-11H2,1H3. The molecule has 1 rings (SSSR count). The van der Waals surface area contributed by atoms with Gasteiger partial charge < -0.3 is 15.1 Å². The van der Waals surface area contributed by atoms with Gasteiger partial charge in [-0.3, -0.25) is 0 Å². The Morgan fingerprint density at radius 3 is 2.72 bits per heavy atom. The Labute approximate surface area is 109 Å². The van der Waals surface area contributed by atoms with Crippen LogP contribution in [-0.2, 0) is 4.84 Å². The van der Waals surface area contributed by atoms with Crippen LogP contribution < -0.4 is 5.32 Å². The van der Waals surface area contributed by atoms with Crippen molar-refractivity contribution in [2.24, 2.45) is 5.92 Å². The fourth-order valence-corrected chi connectivity index (χ4v) is 2.49. The van der Waals surface area contributed by atoms with Gasteiger partial charge in [-0.2, -0.15) is 0 Å². The summed E-state index contributed by atoms with van der Waals surface area (Å²) in [6.45, 7) is 4.85. The van der Waals surface area contributed by atoms with Crippen molar-refractivity contribution >= 4 is 0 Å². The number of likely N-dealkylation sites (tertiary alicyclic amines) is 1. The third-order valence-corrected chi connectivity index (χ3v) is 3.56. The van der Waals surface area contributed by atoms with Crippen molar-refractivity contribution in [3.8, 4) is 0 Å². The molecule has 6 heteroatoms. The van der Waals surface area contributed by atoms with Gasteiger partial charge in [-0.05, 0) is 71.2 Å². The van der Waals surface area contributed by atoms with Gasteiger partial charge in [0, 0.05) is 0 Å². The third-order valence-electron chi connectivity index (χ3n) is 3.56. The van der Waals surface area contributed by atoms with E-state index < -0.39 is 5.09 Å². The summed E-state index contributed by atoms with van der Waals surface area (Å²) in [5.41, 5.74) is 0. The lowest BCUT2D eigenvalue weighted by Gasteiger charge is -2.31. The van der Waals surface area contributed by atoms with Gasteiger partial charge in [0.1, 0.15) is 0 Å². The predicted molar refractivity (Wildman–Crippen MR) is 69.9 cm³/mol. The highest BCUT2D eigenvalue weighted by atomic mass is 16.9. The molecule has 18 heavy (non-hydrogen) atoms. The van der Waals surface area contributed by atoms with Crippen molar-refractivity contribution < 1.29 is 9.92 Å². The molecule has 1 saturated heterocycles. The maximum absolute atomic E-state index is 9.99. The van der Waals surface area contributed by atoms with Gasteiger partial charge >= 0.3 is 0 Å². The molecule has 1 fully saturated rings. The van der Waals surface area contributed by atoms with Crippen LogP contribution in [0.3, 0.4) is 0 Å². The topological polar surface area (TPSA) is 67.6 Å². The van der Waals surface area contributed by atoms with E-state index in [9.17, 15) is 10.1 Å². The van der Waals surface area contributed by atoms with Gasteiger partial charge in [-0.25, -0.2) is 0 Å². The summed E-state index contributed by atoms with van der Waals surface area (Å²) >= 11 is 0. The normalized spacial score (nSPS) is 17.8. The zero-order valence-corrected chi connectivity index (χ0v) is 11.3. The van der Waals surface area contributed by atoms with E-state index in [-0.39, 0.29) is 6.61 Å². The Balaban J connectivity index is 1.99. The molecule has 0 atom stereocenters. The highest BCUT2D eigenvalue weighted by Crippen LogP contribution is 2.21. The van der Waals surface area contributed by atoms with Gasteiger partial charge in [0.2, 0.25) is 0 Å². The van der Waals surface area contributed by atoms with E-state index in [4.69, 9.17) is 0 Å². The minimum Gasteiger partial charge on any atom is -0.320 e. The second kappa shape index (κ2) is 9.10. The summed E-state index contributed by atoms with van der Waals surface area (Å²) in [5.74, 6) is 0.723. The van der Waals surface area contributed by atoms with Crippen LogP contribution in [0, 0.1) is 16.0 Å². The van der Waals surface area contributed by atoms with Gasteiger partial charge in [-0.1, -0.05) is 0 Å². The van der Waals surface area contributed by atoms with Crippen molar-refractivity contribution in [3.63, 3.8) is 0 Å². The summed E-state index contributed by atoms with van der Waals surface area (Å²) in [5, 5.41) is 12.5. The van der Waals surface area contributed by atoms with Crippen LogP contribution in [-0.4, -0.2) is 49.8 Å². The fourth-order valence-electron chi connectivity index (χ4n) is 2.49. The highest BCUT2D eigenvalue weighted by Gasteiger charge is 2.18. The summed E-state index contributed by atoms with van der Waals surface area (Å²) < 4.78 is 0. The van der Waals surface area contributed by atoms with E-state index in [1.807, 2.05) is 7.05 Å². The minimum atomic E-state index is -0.704. The van der Waals surface area contributed by atoms with Crippen LogP contribution in [0.2, 0.25) is 0 Å². The van der Waals surface area contributed by atoms with E-state index >= 15 is 0 Å². The monoisotopic (exact) mass is 259 g/mol. The molecule has 0 radical (unpaired) electrons. The maximum Gasteiger partial charge on any atom is 0.294 e. The van der Waals surface area contributed by atoms with Crippen molar-refractivity contribution in [1.82, 2.24) is 10.2 Å². The number of nitrogens with one attached hydrogen (secondary N) is 1. The average Bonchev–Trinajstić information content (AvgIpc) is 2.36. The smallest absolute Gasteiger partial charge is 0.294 e. The molecule has 0 aromatic heterocycles. The molecule has 106 valence electrons. The quantitative estimate of drug-likeness (QED) is 0.384. The molecular weight excluding hydrogens is 234 g/mol. The second-order valence-electron chi connectivity index (χ2n) is 4.94. The molecule has 0 aromatic rings. The lowest BCUT2D eigenvalue weighted by atomic mass is 9.92. The Hall–Kier alpha value is -0.880. The van der Waals surface area contributed by atoms with Gasteiger partial charge in [0.15, 0.2) is 0 Å². The van der Waals surface area contributed by atoms with Crippen LogP contribution in [0.25, 0.3) is 0 Å². The van der Waals surface area contributed by atoms with Gasteiger partial charge in [0.25, 0.3) is 5.09 Å². The maximum atomic E-state index is 9.99. The molecule has 0 unspecified atom stereocenters. The largest absolute Gasteiger partial charge is 0.320 e. The molecule has 6 nitrogen and oxygen atoms in total. The van der Waals surface area contributed by atoms with Crippen molar-refractivity contribution in [2.75, 3.05) is 39.8 Å². The van der Waals surface area contributed by atoms with E-state index in [1.165, 1.54) is 38.9 Å². The molecule has 1 aliphatic rings. The first-order valence-electron chi connectivity index (χ1n) is 6.86. The highest BCUT2D eigenvalue weighted by molar-refractivity contribution is 4.72. The number of nitrogens with zero attached hydrogens (tertiary/aromatic N) is 2. The number of hydrogen-bond acceptors (Lipinski definition) is 5. The number of rotatable bonds is 9. The summed E-state index contributed by atoms with van der Waals surface area (Å²) in [6, 6.07) is 0. The Morgan fingerprint density at radius 1 is 1.39 bits per heavy atom. The summed E-state index contributed by atoms with van der Waals surface area (Å²) in [6.07, 6.45) is 5.50. The average molecular weight is 259 g/mol. The first kappa shape index (κ1) is 15.2. The zero-order valence-electron chi connectivity index (χ0n) is 11.3. The lowest BCUT2D eigenvalue weighted by molar-refractivity contribution is -0.757.